The molecule has 0 fully saturated rings. The number of nitrogens with one attached hydrogen (secondary N) is 1. The highest BCUT2D eigenvalue weighted by molar-refractivity contribution is 5.95. The smallest absolute Gasteiger partial charge is 0.251 e. The number of amides is 1. The molecule has 1 amide bonds. The van der Waals surface area contributed by atoms with Gasteiger partial charge in [0.05, 0.1) is 12.3 Å². The summed E-state index contributed by atoms with van der Waals surface area (Å²) < 4.78 is 5.64. The van der Waals surface area contributed by atoms with Crippen LogP contribution in [0, 0.1) is 5.92 Å². The number of nitrogens with zero attached hydrogens (tertiary/aromatic N) is 1. The first kappa shape index (κ1) is 17.3. The van der Waals surface area contributed by atoms with Crippen LogP contribution in [0.3, 0.4) is 0 Å². The summed E-state index contributed by atoms with van der Waals surface area (Å²) in [7, 11) is 4.05. The van der Waals surface area contributed by atoms with Crippen molar-refractivity contribution in [1.29, 1.82) is 0 Å². The summed E-state index contributed by atoms with van der Waals surface area (Å²) in [6.45, 7) is 6.34. The fourth-order valence-corrected chi connectivity index (χ4v) is 1.78. The van der Waals surface area contributed by atoms with Crippen LogP contribution in [0.15, 0.2) is 18.2 Å². The van der Waals surface area contributed by atoms with Crippen LogP contribution in [0.5, 0.6) is 5.75 Å². The lowest BCUT2D eigenvalue weighted by atomic mass is 10.1. The first-order valence-electron chi connectivity index (χ1n) is 7.35. The molecule has 0 aliphatic heterocycles. The molecular weight excluding hydrogens is 266 g/mol. The normalized spacial score (nSPS) is 11.0. The number of ether oxygens (including phenoxy) is 1. The molecule has 0 heterocycles. The molecule has 0 radical (unpaired) electrons. The molecule has 21 heavy (non-hydrogen) atoms. The molecule has 1 aromatic carbocycles. The summed E-state index contributed by atoms with van der Waals surface area (Å²) in [4.78, 5) is 14.0. The molecule has 3 N–H and O–H groups in total. The van der Waals surface area contributed by atoms with E-state index in [-0.39, 0.29) is 5.91 Å². The average Bonchev–Trinajstić information content (AvgIpc) is 2.41. The van der Waals surface area contributed by atoms with Gasteiger partial charge in [-0.05, 0) is 44.6 Å². The molecule has 0 aliphatic carbocycles. The van der Waals surface area contributed by atoms with Crippen LogP contribution in [-0.2, 0) is 0 Å². The minimum Gasteiger partial charge on any atom is -0.491 e. The molecule has 0 spiro atoms. The van der Waals surface area contributed by atoms with Gasteiger partial charge in [-0.2, -0.15) is 0 Å². The summed E-state index contributed by atoms with van der Waals surface area (Å²) in [5.74, 6) is 0.953. The highest BCUT2D eigenvalue weighted by Gasteiger charge is 2.09. The van der Waals surface area contributed by atoms with Crippen LogP contribution in [-0.4, -0.2) is 44.6 Å². The first-order chi connectivity index (χ1) is 9.90. The number of nitrogens with two attached hydrogens (primary N) is 1. The second kappa shape index (κ2) is 8.52. The minimum absolute atomic E-state index is 0.102. The maximum Gasteiger partial charge on any atom is 0.251 e. The number of carbonyl (C=O) groups excluding carboxylic acids is 1. The Balaban J connectivity index is 2.53. The van der Waals surface area contributed by atoms with Crippen molar-refractivity contribution < 1.29 is 9.53 Å². The van der Waals surface area contributed by atoms with Crippen LogP contribution >= 0.6 is 0 Å². The molecular formula is C16H27N3O2. The maximum atomic E-state index is 11.9. The van der Waals surface area contributed by atoms with Gasteiger partial charge in [0.1, 0.15) is 5.75 Å². The van der Waals surface area contributed by atoms with Crippen molar-refractivity contribution in [2.24, 2.45) is 5.92 Å². The Labute approximate surface area is 127 Å². The summed E-state index contributed by atoms with van der Waals surface area (Å²) >= 11 is 0. The Morgan fingerprint density at radius 1 is 1.38 bits per heavy atom. The molecule has 0 saturated carbocycles. The van der Waals surface area contributed by atoms with E-state index in [1.807, 2.05) is 14.1 Å². The number of carbonyl (C=O) groups is 1. The molecule has 5 heteroatoms. The van der Waals surface area contributed by atoms with Crippen LogP contribution in [0.1, 0.15) is 30.6 Å². The fourth-order valence-electron chi connectivity index (χ4n) is 1.78. The van der Waals surface area contributed by atoms with Crippen LogP contribution in [0.25, 0.3) is 0 Å². The summed E-state index contributed by atoms with van der Waals surface area (Å²) in [6, 6.07) is 5.17. The predicted octanol–water partition coefficient (Wildman–Crippen LogP) is 1.99. The molecule has 1 rings (SSSR count). The third kappa shape index (κ3) is 6.49. The van der Waals surface area contributed by atoms with Crippen LogP contribution in [0.4, 0.5) is 5.69 Å². The van der Waals surface area contributed by atoms with Gasteiger partial charge in [0.15, 0.2) is 0 Å². The SMILES string of the molecule is CC(C)CNC(=O)c1ccc(OCCCN(C)C)c(N)c1. The summed E-state index contributed by atoms with van der Waals surface area (Å²) in [6.07, 6.45) is 0.934. The lowest BCUT2D eigenvalue weighted by molar-refractivity contribution is 0.0949. The van der Waals surface area contributed by atoms with E-state index < -0.39 is 0 Å². The number of benzene rings is 1. The molecule has 5 nitrogen and oxygen atoms in total. The zero-order valence-corrected chi connectivity index (χ0v) is 13.5. The number of rotatable bonds is 8. The lowest BCUT2D eigenvalue weighted by Crippen LogP contribution is -2.27. The van der Waals surface area contributed by atoms with Gasteiger partial charge < -0.3 is 20.7 Å². The third-order valence-electron chi connectivity index (χ3n) is 2.95. The van der Waals surface area contributed by atoms with Gasteiger partial charge in [-0.1, -0.05) is 13.8 Å². The third-order valence-corrected chi connectivity index (χ3v) is 2.95. The minimum atomic E-state index is -0.102. The van der Waals surface area contributed by atoms with Crippen molar-refractivity contribution >= 4 is 11.6 Å². The second-order valence-corrected chi connectivity index (χ2v) is 5.86. The number of hydrogen-bond acceptors (Lipinski definition) is 4. The van der Waals surface area contributed by atoms with Gasteiger partial charge >= 0.3 is 0 Å². The topological polar surface area (TPSA) is 67.6 Å². The lowest BCUT2D eigenvalue weighted by Gasteiger charge is -2.13. The fraction of sp³-hybridized carbons (Fsp3) is 0.562. The van der Waals surface area contributed by atoms with Crippen molar-refractivity contribution in [2.75, 3.05) is 39.5 Å². The molecule has 118 valence electrons. The van der Waals surface area contributed by atoms with Gasteiger partial charge in [-0.15, -0.1) is 0 Å². The van der Waals surface area contributed by atoms with Gasteiger partial charge in [0, 0.05) is 18.7 Å². The zero-order chi connectivity index (χ0) is 15.8. The number of anilines is 1. The Hall–Kier alpha value is -1.75. The molecule has 1 aromatic rings. The van der Waals surface area contributed by atoms with Gasteiger partial charge in [-0.25, -0.2) is 0 Å². The quantitative estimate of drug-likeness (QED) is 0.568. The number of nitrogen functional groups attached to an aromatic ring is 1. The van der Waals surface area contributed by atoms with E-state index in [1.54, 1.807) is 18.2 Å². The van der Waals surface area contributed by atoms with Crippen molar-refractivity contribution in [3.05, 3.63) is 23.8 Å². The van der Waals surface area contributed by atoms with Crippen LogP contribution in [0.2, 0.25) is 0 Å². The van der Waals surface area contributed by atoms with E-state index in [4.69, 9.17) is 10.5 Å². The van der Waals surface area contributed by atoms with E-state index in [1.165, 1.54) is 0 Å². The van der Waals surface area contributed by atoms with E-state index >= 15 is 0 Å². The number of hydrogen-bond donors (Lipinski definition) is 2. The van der Waals surface area contributed by atoms with Crippen molar-refractivity contribution in [1.82, 2.24) is 10.2 Å². The van der Waals surface area contributed by atoms with Crippen molar-refractivity contribution in [3.8, 4) is 5.75 Å². The van der Waals surface area contributed by atoms with Crippen molar-refractivity contribution in [3.63, 3.8) is 0 Å². The summed E-state index contributed by atoms with van der Waals surface area (Å²) in [5, 5.41) is 2.87. The molecule has 0 unspecified atom stereocenters. The Morgan fingerprint density at radius 3 is 2.67 bits per heavy atom. The monoisotopic (exact) mass is 293 g/mol. The Bertz CT molecular complexity index is 459. The van der Waals surface area contributed by atoms with Gasteiger partial charge in [0.25, 0.3) is 5.91 Å². The van der Waals surface area contributed by atoms with E-state index in [2.05, 4.69) is 24.1 Å². The molecule has 0 saturated heterocycles. The van der Waals surface area contributed by atoms with E-state index in [0.717, 1.165) is 13.0 Å². The largest absolute Gasteiger partial charge is 0.491 e. The zero-order valence-electron chi connectivity index (χ0n) is 13.5. The predicted molar refractivity (Wildman–Crippen MR) is 86.7 cm³/mol. The van der Waals surface area contributed by atoms with E-state index in [9.17, 15) is 4.79 Å². The Kier molecular flexibility index (Phi) is 7.02. The van der Waals surface area contributed by atoms with Gasteiger partial charge in [-0.3, -0.25) is 4.79 Å². The van der Waals surface area contributed by atoms with E-state index in [0.29, 0.717) is 36.1 Å². The highest BCUT2D eigenvalue weighted by atomic mass is 16.5. The summed E-state index contributed by atoms with van der Waals surface area (Å²) in [5.41, 5.74) is 7.00. The first-order valence-corrected chi connectivity index (χ1v) is 7.35. The molecule has 0 aromatic heterocycles. The molecule has 0 aliphatic rings. The van der Waals surface area contributed by atoms with Crippen molar-refractivity contribution in [2.45, 2.75) is 20.3 Å². The average molecular weight is 293 g/mol. The highest BCUT2D eigenvalue weighted by Crippen LogP contribution is 2.22. The maximum absolute atomic E-state index is 11.9. The Morgan fingerprint density at radius 2 is 2.10 bits per heavy atom. The van der Waals surface area contributed by atoms with Crippen LogP contribution < -0.4 is 15.8 Å². The van der Waals surface area contributed by atoms with Gasteiger partial charge in [0.2, 0.25) is 0 Å². The standard InChI is InChI=1S/C16H27N3O2/c1-12(2)11-18-16(20)13-6-7-15(14(17)10-13)21-9-5-8-19(3)4/h6-7,10,12H,5,8-9,11,17H2,1-4H3,(H,18,20). The molecule has 0 atom stereocenters. The molecule has 0 bridgehead atoms. The second-order valence-electron chi connectivity index (χ2n) is 5.86.